The summed E-state index contributed by atoms with van der Waals surface area (Å²) in [5.41, 5.74) is 3.54. The molecule has 1 aliphatic heterocycles. The van der Waals surface area contributed by atoms with Gasteiger partial charge in [0.1, 0.15) is 0 Å². The second kappa shape index (κ2) is 8.26. The fourth-order valence-electron chi connectivity index (χ4n) is 4.35. The number of nitrogens with one attached hydrogen (secondary N) is 1. The summed E-state index contributed by atoms with van der Waals surface area (Å²) in [5.74, 6) is -0.230. The number of ether oxygens (including phenoxy) is 2. The van der Waals surface area contributed by atoms with Crippen LogP contribution >= 0.6 is 0 Å². The molecule has 0 amide bonds. The number of rotatable bonds is 7. The number of anilines is 1. The van der Waals surface area contributed by atoms with Crippen molar-refractivity contribution in [3.05, 3.63) is 23.4 Å². The molecule has 1 saturated heterocycles. The first kappa shape index (κ1) is 20.1. The van der Waals surface area contributed by atoms with Gasteiger partial charge in [-0.15, -0.1) is 13.2 Å². The van der Waals surface area contributed by atoms with Gasteiger partial charge in [-0.25, -0.2) is 0 Å². The molecule has 1 fully saturated rings. The van der Waals surface area contributed by atoms with Crippen molar-refractivity contribution in [2.45, 2.75) is 44.9 Å². The minimum Gasteiger partial charge on any atom is -0.490 e. The molecule has 158 valence electrons. The zero-order valence-electron chi connectivity index (χ0n) is 16.6. The first-order valence-electron chi connectivity index (χ1n) is 10.2. The number of hydrogen-bond donors (Lipinski definition) is 1. The molecular weight excluding hydrogens is 383 g/mol. The summed E-state index contributed by atoms with van der Waals surface area (Å²) in [6, 6.07) is 2.97. The lowest BCUT2D eigenvalue weighted by molar-refractivity contribution is -0.275. The molecular formula is C21H26F3N3O2. The van der Waals surface area contributed by atoms with Gasteiger partial charge >= 0.3 is 6.36 Å². The minimum absolute atomic E-state index is 0.0868. The largest absolute Gasteiger partial charge is 0.573 e. The second-order valence-electron chi connectivity index (χ2n) is 7.63. The fourth-order valence-corrected chi connectivity index (χ4v) is 4.35. The van der Waals surface area contributed by atoms with Crippen LogP contribution in [0.2, 0.25) is 0 Å². The van der Waals surface area contributed by atoms with E-state index < -0.39 is 6.36 Å². The van der Waals surface area contributed by atoms with E-state index in [1.54, 1.807) is 13.1 Å². The third-order valence-electron chi connectivity index (χ3n) is 5.63. The Morgan fingerprint density at radius 1 is 1.10 bits per heavy atom. The van der Waals surface area contributed by atoms with Gasteiger partial charge in [-0.2, -0.15) is 0 Å². The molecule has 2 heterocycles. The number of aromatic nitrogens is 1. The van der Waals surface area contributed by atoms with Crippen molar-refractivity contribution in [3.8, 4) is 11.5 Å². The molecule has 0 bridgehead atoms. The normalized spacial score (nSPS) is 17.0. The standard InChI is InChI=1S/C21H26F3N3O2/c1-25-20-14-6-4-7-16(14)26-17-13-18(19(12-15(17)20)29-21(22,23)24)28-11-5-10-27-8-2-3-9-27/h12-13H,2-11H2,1H3,(H,25,26). The summed E-state index contributed by atoms with van der Waals surface area (Å²) in [4.78, 5) is 7.04. The molecule has 1 N–H and O–H groups in total. The Hall–Kier alpha value is -2.22. The summed E-state index contributed by atoms with van der Waals surface area (Å²) in [6.07, 6.45) is 1.14. The lowest BCUT2D eigenvalue weighted by atomic mass is 10.1. The number of halogens is 3. The number of alkyl halides is 3. The number of pyridine rings is 1. The monoisotopic (exact) mass is 409 g/mol. The van der Waals surface area contributed by atoms with E-state index in [9.17, 15) is 13.2 Å². The molecule has 2 aromatic rings. The molecule has 8 heteroatoms. The van der Waals surface area contributed by atoms with Gasteiger partial charge in [0.25, 0.3) is 0 Å². The van der Waals surface area contributed by atoms with Gasteiger partial charge in [0, 0.05) is 36.4 Å². The SMILES string of the molecule is CNc1c2c(nc3cc(OCCCN4CCCC4)c(OC(F)(F)F)cc13)CCC2. The molecule has 1 aromatic carbocycles. The Kier molecular flexibility index (Phi) is 5.72. The smallest absolute Gasteiger partial charge is 0.490 e. The van der Waals surface area contributed by atoms with E-state index >= 15 is 0 Å². The van der Waals surface area contributed by atoms with Gasteiger partial charge in [-0.05, 0) is 63.2 Å². The molecule has 2 aliphatic rings. The molecule has 0 atom stereocenters. The second-order valence-corrected chi connectivity index (χ2v) is 7.63. The Morgan fingerprint density at radius 3 is 2.62 bits per heavy atom. The predicted octanol–water partition coefficient (Wildman–Crippen LogP) is 4.53. The Balaban J connectivity index is 1.61. The molecule has 0 radical (unpaired) electrons. The van der Waals surface area contributed by atoms with Crippen LogP contribution in [0.25, 0.3) is 10.9 Å². The van der Waals surface area contributed by atoms with E-state index in [4.69, 9.17) is 4.74 Å². The zero-order chi connectivity index (χ0) is 20.4. The van der Waals surface area contributed by atoms with Gasteiger partial charge in [0.05, 0.1) is 12.1 Å². The number of fused-ring (bicyclic) bond motifs is 2. The third-order valence-corrected chi connectivity index (χ3v) is 5.63. The summed E-state index contributed by atoms with van der Waals surface area (Å²) in [7, 11) is 1.78. The fraction of sp³-hybridized carbons (Fsp3) is 0.571. The highest BCUT2D eigenvalue weighted by atomic mass is 19.4. The third kappa shape index (κ3) is 4.52. The first-order chi connectivity index (χ1) is 13.9. The van der Waals surface area contributed by atoms with Gasteiger partial charge < -0.3 is 19.7 Å². The van der Waals surface area contributed by atoms with Crippen molar-refractivity contribution >= 4 is 16.6 Å². The molecule has 5 nitrogen and oxygen atoms in total. The quantitative estimate of drug-likeness (QED) is 0.681. The van der Waals surface area contributed by atoms with Crippen LogP contribution in [0.1, 0.15) is 36.9 Å². The van der Waals surface area contributed by atoms with Gasteiger partial charge in [-0.3, -0.25) is 4.98 Å². The van der Waals surface area contributed by atoms with E-state index in [-0.39, 0.29) is 11.5 Å². The molecule has 0 saturated carbocycles. The Morgan fingerprint density at radius 2 is 1.90 bits per heavy atom. The lowest BCUT2D eigenvalue weighted by Gasteiger charge is -2.18. The number of benzene rings is 1. The molecule has 1 aliphatic carbocycles. The van der Waals surface area contributed by atoms with Crippen molar-refractivity contribution in [3.63, 3.8) is 0 Å². The Labute approximate surface area is 168 Å². The van der Waals surface area contributed by atoms with E-state index in [1.807, 2.05) is 0 Å². The van der Waals surface area contributed by atoms with Gasteiger partial charge in [-0.1, -0.05) is 0 Å². The predicted molar refractivity (Wildman–Crippen MR) is 106 cm³/mol. The van der Waals surface area contributed by atoms with Crippen LogP contribution < -0.4 is 14.8 Å². The van der Waals surface area contributed by atoms with E-state index in [2.05, 4.69) is 19.9 Å². The van der Waals surface area contributed by atoms with Crippen molar-refractivity contribution in [1.82, 2.24) is 9.88 Å². The van der Waals surface area contributed by atoms with Gasteiger partial charge in [0.2, 0.25) is 0 Å². The highest BCUT2D eigenvalue weighted by molar-refractivity contribution is 5.95. The number of hydrogen-bond acceptors (Lipinski definition) is 5. The first-order valence-corrected chi connectivity index (χ1v) is 10.2. The molecule has 0 unspecified atom stereocenters. The maximum absolute atomic E-state index is 13.0. The summed E-state index contributed by atoms with van der Waals surface area (Å²) < 4.78 is 49.0. The Bertz CT molecular complexity index is 880. The van der Waals surface area contributed by atoms with Crippen LogP contribution in [-0.4, -0.2) is 49.5 Å². The van der Waals surface area contributed by atoms with Crippen LogP contribution in [0.3, 0.4) is 0 Å². The maximum atomic E-state index is 13.0. The molecule has 29 heavy (non-hydrogen) atoms. The van der Waals surface area contributed by atoms with E-state index in [1.165, 1.54) is 18.9 Å². The minimum atomic E-state index is -4.79. The van der Waals surface area contributed by atoms with Crippen LogP contribution in [-0.2, 0) is 12.8 Å². The van der Waals surface area contributed by atoms with Crippen LogP contribution in [0.5, 0.6) is 11.5 Å². The van der Waals surface area contributed by atoms with Crippen molar-refractivity contribution in [1.29, 1.82) is 0 Å². The average Bonchev–Trinajstić information content (AvgIpc) is 3.34. The number of nitrogens with zero attached hydrogens (tertiary/aromatic N) is 2. The van der Waals surface area contributed by atoms with Crippen LogP contribution in [0.4, 0.5) is 18.9 Å². The summed E-state index contributed by atoms with van der Waals surface area (Å²) in [5, 5.41) is 3.76. The number of likely N-dealkylation sites (tertiary alicyclic amines) is 1. The average molecular weight is 409 g/mol. The van der Waals surface area contributed by atoms with Crippen molar-refractivity contribution < 1.29 is 22.6 Å². The topological polar surface area (TPSA) is 46.6 Å². The van der Waals surface area contributed by atoms with Crippen LogP contribution in [0.15, 0.2) is 12.1 Å². The maximum Gasteiger partial charge on any atom is 0.573 e. The number of aryl methyl sites for hydroxylation is 1. The van der Waals surface area contributed by atoms with Crippen molar-refractivity contribution in [2.75, 3.05) is 38.6 Å². The zero-order valence-corrected chi connectivity index (χ0v) is 16.6. The van der Waals surface area contributed by atoms with Gasteiger partial charge in [0.15, 0.2) is 11.5 Å². The van der Waals surface area contributed by atoms with Crippen LogP contribution in [0, 0.1) is 0 Å². The highest BCUT2D eigenvalue weighted by Crippen LogP contribution is 2.41. The van der Waals surface area contributed by atoms with Crippen molar-refractivity contribution in [2.24, 2.45) is 0 Å². The highest BCUT2D eigenvalue weighted by Gasteiger charge is 2.33. The summed E-state index contributed by atoms with van der Waals surface area (Å²) in [6.45, 7) is 3.39. The summed E-state index contributed by atoms with van der Waals surface area (Å²) >= 11 is 0. The molecule has 4 rings (SSSR count). The van der Waals surface area contributed by atoms with E-state index in [0.29, 0.717) is 17.5 Å². The molecule has 1 aromatic heterocycles. The van der Waals surface area contributed by atoms with E-state index in [0.717, 1.165) is 62.3 Å². The molecule has 0 spiro atoms. The lowest BCUT2D eigenvalue weighted by Crippen LogP contribution is -2.22.